The molecule has 0 spiro atoms. The first-order valence-electron chi connectivity index (χ1n) is 8.97. The third-order valence-electron chi connectivity index (χ3n) is 3.68. The van der Waals surface area contributed by atoms with Gasteiger partial charge in [-0.1, -0.05) is 95.0 Å². The van der Waals surface area contributed by atoms with E-state index in [1.807, 2.05) is 36.4 Å². The van der Waals surface area contributed by atoms with E-state index in [0.29, 0.717) is 0 Å². The number of hydrazone groups is 1. The topological polar surface area (TPSA) is 67.2 Å². The molecular formula is C21H19BrN4OS3. The number of aromatic nitrogens is 2. The first-order valence-corrected chi connectivity index (χ1v) is 12.6. The molecule has 1 heterocycles. The molecule has 1 N–H and O–H groups in total. The fourth-order valence-corrected chi connectivity index (χ4v) is 5.35. The van der Waals surface area contributed by atoms with Crippen LogP contribution in [0.5, 0.6) is 0 Å². The molecule has 5 nitrogen and oxygen atoms in total. The SMILES string of the molecule is Cc1ccc(CSc2nnc(SCC(=O)NN=CC(Br)=Cc3ccccc3)s2)cc1. The maximum atomic E-state index is 12.0. The van der Waals surface area contributed by atoms with Gasteiger partial charge < -0.3 is 0 Å². The molecule has 0 aliphatic rings. The molecule has 3 rings (SSSR count). The van der Waals surface area contributed by atoms with Crippen LogP contribution in [0, 0.1) is 6.92 Å². The molecule has 2 aromatic carbocycles. The standard InChI is InChI=1S/C21H19BrN4OS3/c1-15-7-9-17(10-8-15)13-28-20-25-26-21(30-20)29-14-19(27)24-23-12-18(22)11-16-5-3-2-4-6-16/h2-12H,13-14H2,1H3,(H,24,27). The van der Waals surface area contributed by atoms with E-state index in [0.717, 1.165) is 24.5 Å². The average molecular weight is 520 g/mol. The van der Waals surface area contributed by atoms with E-state index in [1.165, 1.54) is 34.2 Å². The van der Waals surface area contributed by atoms with Crippen LogP contribution in [0.15, 0.2) is 72.9 Å². The zero-order valence-electron chi connectivity index (χ0n) is 16.1. The van der Waals surface area contributed by atoms with Gasteiger partial charge in [-0.25, -0.2) is 5.43 Å². The Bertz CT molecular complexity index is 1020. The zero-order chi connectivity index (χ0) is 21.2. The van der Waals surface area contributed by atoms with Crippen LogP contribution in [-0.4, -0.2) is 28.1 Å². The van der Waals surface area contributed by atoms with E-state index in [2.05, 4.69) is 67.8 Å². The molecule has 0 aliphatic heterocycles. The van der Waals surface area contributed by atoms with Crippen LogP contribution in [-0.2, 0) is 10.5 Å². The van der Waals surface area contributed by atoms with Gasteiger partial charge >= 0.3 is 0 Å². The predicted octanol–water partition coefficient (Wildman–Crippen LogP) is 5.77. The maximum absolute atomic E-state index is 12.0. The largest absolute Gasteiger partial charge is 0.272 e. The molecule has 0 unspecified atom stereocenters. The van der Waals surface area contributed by atoms with E-state index >= 15 is 0 Å². The Morgan fingerprint density at radius 2 is 1.80 bits per heavy atom. The summed E-state index contributed by atoms with van der Waals surface area (Å²) >= 11 is 7.91. The minimum absolute atomic E-state index is 0.194. The molecule has 1 aromatic heterocycles. The number of amides is 1. The van der Waals surface area contributed by atoms with Crippen molar-refractivity contribution >= 4 is 69.0 Å². The minimum atomic E-state index is -0.194. The second-order valence-corrected chi connectivity index (χ2v) is 10.5. The molecule has 154 valence electrons. The lowest BCUT2D eigenvalue weighted by molar-refractivity contribution is -0.118. The molecule has 0 radical (unpaired) electrons. The van der Waals surface area contributed by atoms with Gasteiger partial charge in [0.1, 0.15) is 0 Å². The van der Waals surface area contributed by atoms with Crippen LogP contribution in [0.4, 0.5) is 0 Å². The molecule has 3 aromatic rings. The van der Waals surface area contributed by atoms with Crippen molar-refractivity contribution in [2.75, 3.05) is 5.75 Å². The Kier molecular flexibility index (Phi) is 9.13. The average Bonchev–Trinajstić information content (AvgIpc) is 3.20. The van der Waals surface area contributed by atoms with E-state index in [-0.39, 0.29) is 11.7 Å². The molecule has 0 saturated carbocycles. The Balaban J connectivity index is 1.39. The number of nitrogens with one attached hydrogen (secondary N) is 1. The van der Waals surface area contributed by atoms with E-state index < -0.39 is 0 Å². The number of hydrogen-bond donors (Lipinski definition) is 1. The van der Waals surface area contributed by atoms with Crippen molar-refractivity contribution < 1.29 is 4.79 Å². The Labute approximate surface area is 196 Å². The number of rotatable bonds is 9. The summed E-state index contributed by atoms with van der Waals surface area (Å²) in [6.45, 7) is 2.08. The van der Waals surface area contributed by atoms with Gasteiger partial charge in [-0.15, -0.1) is 10.2 Å². The van der Waals surface area contributed by atoms with Gasteiger partial charge in [0.05, 0.1) is 12.0 Å². The van der Waals surface area contributed by atoms with Crippen LogP contribution in [0.1, 0.15) is 16.7 Å². The maximum Gasteiger partial charge on any atom is 0.250 e. The summed E-state index contributed by atoms with van der Waals surface area (Å²) in [5, 5.41) is 12.3. The second kappa shape index (κ2) is 12.0. The lowest BCUT2D eigenvalue weighted by atomic mass is 10.2. The van der Waals surface area contributed by atoms with Gasteiger partial charge in [0.2, 0.25) is 0 Å². The number of allylic oxidation sites excluding steroid dienone is 1. The third kappa shape index (κ3) is 8.06. The molecule has 0 fully saturated rings. The van der Waals surface area contributed by atoms with E-state index in [1.54, 1.807) is 18.0 Å². The molecule has 9 heteroatoms. The summed E-state index contributed by atoms with van der Waals surface area (Å²) in [5.41, 5.74) is 6.06. The van der Waals surface area contributed by atoms with Gasteiger partial charge in [-0.3, -0.25) is 4.79 Å². The molecule has 30 heavy (non-hydrogen) atoms. The van der Waals surface area contributed by atoms with Crippen molar-refractivity contribution in [2.24, 2.45) is 5.10 Å². The second-order valence-electron chi connectivity index (χ2n) is 6.13. The van der Waals surface area contributed by atoms with Crippen LogP contribution < -0.4 is 5.43 Å². The highest BCUT2D eigenvalue weighted by Crippen LogP contribution is 2.30. The summed E-state index contributed by atoms with van der Waals surface area (Å²) in [4.78, 5) is 12.0. The molecular weight excluding hydrogens is 500 g/mol. The highest BCUT2D eigenvalue weighted by atomic mass is 79.9. The highest BCUT2D eigenvalue weighted by molar-refractivity contribution is 9.12. The number of halogens is 1. The number of thioether (sulfide) groups is 2. The van der Waals surface area contributed by atoms with E-state index in [4.69, 9.17) is 0 Å². The molecule has 0 saturated heterocycles. The van der Waals surface area contributed by atoms with Gasteiger partial charge in [0.25, 0.3) is 5.91 Å². The van der Waals surface area contributed by atoms with Crippen LogP contribution in [0.2, 0.25) is 0 Å². The molecule has 0 aliphatic carbocycles. The highest BCUT2D eigenvalue weighted by Gasteiger charge is 2.08. The first-order chi connectivity index (χ1) is 14.6. The summed E-state index contributed by atoms with van der Waals surface area (Å²) in [5.74, 6) is 0.884. The minimum Gasteiger partial charge on any atom is -0.272 e. The number of nitrogens with zero attached hydrogens (tertiary/aromatic N) is 3. The van der Waals surface area contributed by atoms with Crippen LogP contribution in [0.25, 0.3) is 6.08 Å². The van der Waals surface area contributed by atoms with Gasteiger partial charge in [-0.2, -0.15) is 5.10 Å². The predicted molar refractivity (Wildman–Crippen MR) is 131 cm³/mol. The molecule has 0 bridgehead atoms. The normalized spacial score (nSPS) is 11.7. The fraction of sp³-hybridized carbons (Fsp3) is 0.143. The van der Waals surface area contributed by atoms with Crippen molar-refractivity contribution in [2.45, 2.75) is 21.4 Å². The van der Waals surface area contributed by atoms with E-state index in [9.17, 15) is 4.79 Å². The van der Waals surface area contributed by atoms with Crippen molar-refractivity contribution in [3.05, 3.63) is 75.8 Å². The van der Waals surface area contributed by atoms with Crippen LogP contribution in [0.3, 0.4) is 0 Å². The van der Waals surface area contributed by atoms with Crippen molar-refractivity contribution in [1.82, 2.24) is 15.6 Å². The van der Waals surface area contributed by atoms with Gasteiger partial charge in [-0.05, 0) is 40.1 Å². The summed E-state index contributed by atoms with van der Waals surface area (Å²) in [6.07, 6.45) is 3.47. The zero-order valence-corrected chi connectivity index (χ0v) is 20.2. The lowest BCUT2D eigenvalue weighted by Gasteiger charge is -1.99. The quantitative estimate of drug-likeness (QED) is 0.221. The smallest absolute Gasteiger partial charge is 0.250 e. The summed E-state index contributed by atoms with van der Waals surface area (Å²) < 4.78 is 2.43. The summed E-state index contributed by atoms with van der Waals surface area (Å²) in [6, 6.07) is 18.3. The van der Waals surface area contributed by atoms with Crippen molar-refractivity contribution in [3.8, 4) is 0 Å². The molecule has 0 atom stereocenters. The Hall–Kier alpha value is -1.94. The number of hydrogen-bond acceptors (Lipinski definition) is 7. The number of carbonyl (C=O) groups excluding carboxylic acids is 1. The Morgan fingerprint density at radius 1 is 1.10 bits per heavy atom. The molecule has 1 amide bonds. The number of benzene rings is 2. The number of carbonyl (C=O) groups is 1. The Morgan fingerprint density at radius 3 is 2.53 bits per heavy atom. The van der Waals surface area contributed by atoms with Crippen LogP contribution >= 0.6 is 50.8 Å². The third-order valence-corrected chi connectivity index (χ3v) is 7.37. The summed E-state index contributed by atoms with van der Waals surface area (Å²) in [7, 11) is 0. The van der Waals surface area contributed by atoms with Gasteiger partial charge in [0, 0.05) is 10.2 Å². The first kappa shape index (κ1) is 22.7. The van der Waals surface area contributed by atoms with Crippen molar-refractivity contribution in [1.29, 1.82) is 0 Å². The number of aryl methyl sites for hydroxylation is 1. The lowest BCUT2D eigenvalue weighted by Crippen LogP contribution is -2.19. The van der Waals surface area contributed by atoms with Gasteiger partial charge in [0.15, 0.2) is 8.68 Å². The van der Waals surface area contributed by atoms with Crippen molar-refractivity contribution in [3.63, 3.8) is 0 Å². The fourth-order valence-electron chi connectivity index (χ4n) is 2.21. The monoisotopic (exact) mass is 518 g/mol.